The van der Waals surface area contributed by atoms with Crippen LogP contribution in [0.15, 0.2) is 66.4 Å². The zero-order chi connectivity index (χ0) is 28.1. The molecule has 1 unspecified atom stereocenters. The molecule has 8 nitrogen and oxygen atoms in total. The van der Waals surface area contributed by atoms with Gasteiger partial charge in [-0.3, -0.25) is 14.6 Å². The van der Waals surface area contributed by atoms with E-state index in [4.69, 9.17) is 27.9 Å². The van der Waals surface area contributed by atoms with Crippen LogP contribution < -0.4 is 5.32 Å². The molecule has 0 spiro atoms. The lowest BCUT2D eigenvalue weighted by atomic mass is 9.94. The molecule has 10 heteroatoms. The fraction of sp³-hybridized carbons (Fsp3) is 0.345. The summed E-state index contributed by atoms with van der Waals surface area (Å²) in [5.41, 5.74) is 3.24. The Morgan fingerprint density at radius 1 is 1.08 bits per heavy atom. The Bertz CT molecular complexity index is 1290. The molecule has 0 saturated carbocycles. The van der Waals surface area contributed by atoms with Gasteiger partial charge in [-0.2, -0.15) is 0 Å². The molecule has 2 heterocycles. The summed E-state index contributed by atoms with van der Waals surface area (Å²) in [6.45, 7) is 10.4. The highest BCUT2D eigenvalue weighted by Gasteiger charge is 2.39. The fourth-order valence-corrected chi connectivity index (χ4v) is 5.09. The Labute approximate surface area is 238 Å². The molecule has 2 aliphatic rings. The molecule has 0 bridgehead atoms. The lowest BCUT2D eigenvalue weighted by Gasteiger charge is -2.40. The second-order valence-electron chi connectivity index (χ2n) is 9.47. The average Bonchev–Trinajstić information content (AvgIpc) is 2.92. The highest BCUT2D eigenvalue weighted by molar-refractivity contribution is 6.42. The van der Waals surface area contributed by atoms with E-state index in [2.05, 4.69) is 16.8 Å². The minimum atomic E-state index is -0.771. The van der Waals surface area contributed by atoms with Crippen LogP contribution in [0.3, 0.4) is 0 Å². The van der Waals surface area contributed by atoms with Crippen LogP contribution in [0, 0.1) is 6.92 Å². The first-order valence-corrected chi connectivity index (χ1v) is 13.6. The third-order valence-electron chi connectivity index (χ3n) is 6.85. The average molecular weight is 572 g/mol. The lowest BCUT2D eigenvalue weighted by Crippen LogP contribution is -2.53. The van der Waals surface area contributed by atoms with Gasteiger partial charge >= 0.3 is 12.0 Å². The van der Waals surface area contributed by atoms with Crippen molar-refractivity contribution in [1.29, 1.82) is 0 Å². The second kappa shape index (κ2) is 12.7. The van der Waals surface area contributed by atoms with Crippen molar-refractivity contribution in [3.8, 4) is 0 Å². The number of urea groups is 1. The maximum absolute atomic E-state index is 13.4. The minimum absolute atomic E-state index is 0.00825. The first kappa shape index (κ1) is 28.7. The molecule has 1 N–H and O–H groups in total. The number of halogens is 2. The van der Waals surface area contributed by atoms with Crippen molar-refractivity contribution in [3.63, 3.8) is 0 Å². The molecule has 1 atom stereocenters. The van der Waals surface area contributed by atoms with Gasteiger partial charge < -0.3 is 15.0 Å². The Kier molecular flexibility index (Phi) is 9.32. The molecular weight excluding hydrogens is 539 g/mol. The molecule has 39 heavy (non-hydrogen) atoms. The van der Waals surface area contributed by atoms with Crippen molar-refractivity contribution in [3.05, 3.63) is 93.1 Å². The van der Waals surface area contributed by atoms with Gasteiger partial charge in [0.2, 0.25) is 0 Å². The first-order chi connectivity index (χ1) is 18.7. The molecule has 0 aliphatic carbocycles. The number of carbonyl (C=O) groups excluding carboxylic acids is 3. The summed E-state index contributed by atoms with van der Waals surface area (Å²) in [5, 5.41) is 3.61. The Hall–Kier alpha value is -3.33. The number of amides is 3. The smallest absolute Gasteiger partial charge is 0.338 e. The van der Waals surface area contributed by atoms with E-state index in [-0.39, 0.29) is 25.1 Å². The molecule has 1 fully saturated rings. The molecule has 206 valence electrons. The molecule has 3 amide bonds. The first-order valence-electron chi connectivity index (χ1n) is 12.9. The number of hydrogen-bond acceptors (Lipinski definition) is 5. The van der Waals surface area contributed by atoms with Gasteiger partial charge in [-0.1, -0.05) is 53.0 Å². The predicted octanol–water partition coefficient (Wildman–Crippen LogP) is 4.83. The monoisotopic (exact) mass is 570 g/mol. The minimum Gasteiger partial charge on any atom is -0.463 e. The lowest BCUT2D eigenvalue weighted by molar-refractivity contribution is -0.139. The fourth-order valence-electron chi connectivity index (χ4n) is 4.79. The molecule has 2 aliphatic heterocycles. The summed E-state index contributed by atoms with van der Waals surface area (Å²) in [6, 6.07) is 11.4. The number of carbonyl (C=O) groups is 3. The number of benzene rings is 2. The van der Waals surface area contributed by atoms with E-state index in [9.17, 15) is 14.4 Å². The topological polar surface area (TPSA) is 82.2 Å². The van der Waals surface area contributed by atoms with E-state index >= 15 is 0 Å². The summed E-state index contributed by atoms with van der Waals surface area (Å²) in [6.07, 6.45) is 1.61. The van der Waals surface area contributed by atoms with Gasteiger partial charge in [0.1, 0.15) is 0 Å². The van der Waals surface area contributed by atoms with Gasteiger partial charge in [-0.25, -0.2) is 9.59 Å². The molecule has 0 radical (unpaired) electrons. The van der Waals surface area contributed by atoms with E-state index in [1.807, 2.05) is 36.1 Å². The van der Waals surface area contributed by atoms with Crippen LogP contribution in [-0.2, 0) is 9.53 Å². The van der Waals surface area contributed by atoms with Gasteiger partial charge in [-0.15, -0.1) is 6.58 Å². The van der Waals surface area contributed by atoms with E-state index in [1.54, 1.807) is 31.2 Å². The zero-order valence-electron chi connectivity index (χ0n) is 22.1. The van der Waals surface area contributed by atoms with Crippen LogP contribution in [0.25, 0.3) is 0 Å². The van der Waals surface area contributed by atoms with Crippen molar-refractivity contribution in [2.24, 2.45) is 0 Å². The van der Waals surface area contributed by atoms with Crippen molar-refractivity contribution in [1.82, 2.24) is 20.0 Å². The molecule has 1 saturated heterocycles. The summed E-state index contributed by atoms with van der Waals surface area (Å²) < 4.78 is 5.44. The third kappa shape index (κ3) is 6.46. The number of hydrogen-bond donors (Lipinski definition) is 1. The van der Waals surface area contributed by atoms with Crippen molar-refractivity contribution in [2.75, 3.05) is 45.9 Å². The van der Waals surface area contributed by atoms with Crippen LogP contribution in [0.5, 0.6) is 0 Å². The van der Waals surface area contributed by atoms with Gasteiger partial charge in [0.15, 0.2) is 0 Å². The van der Waals surface area contributed by atoms with E-state index in [0.29, 0.717) is 65.2 Å². The largest absolute Gasteiger partial charge is 0.463 e. The summed E-state index contributed by atoms with van der Waals surface area (Å²) in [7, 11) is 0. The molecule has 2 aromatic rings. The summed E-state index contributed by atoms with van der Waals surface area (Å²) in [5.74, 6) is -0.531. The predicted molar refractivity (Wildman–Crippen MR) is 152 cm³/mol. The van der Waals surface area contributed by atoms with Crippen LogP contribution in [0.1, 0.15) is 34.5 Å². The summed E-state index contributed by atoms with van der Waals surface area (Å²) in [4.78, 5) is 45.1. The van der Waals surface area contributed by atoms with Crippen molar-refractivity contribution in [2.45, 2.75) is 19.9 Å². The maximum Gasteiger partial charge on any atom is 0.338 e. The quantitative estimate of drug-likeness (QED) is 0.363. The zero-order valence-corrected chi connectivity index (χ0v) is 23.6. The van der Waals surface area contributed by atoms with Gasteiger partial charge in [0.25, 0.3) is 5.91 Å². The summed E-state index contributed by atoms with van der Waals surface area (Å²) >= 11 is 12.4. The number of nitrogens with zero attached hydrogens (tertiary/aromatic N) is 3. The number of rotatable bonds is 8. The number of aryl methyl sites for hydroxylation is 1. The Morgan fingerprint density at radius 2 is 1.77 bits per heavy atom. The van der Waals surface area contributed by atoms with Gasteiger partial charge in [0, 0.05) is 50.5 Å². The molecular formula is C29H32Cl2N4O4. The maximum atomic E-state index is 13.4. The Morgan fingerprint density at radius 3 is 2.38 bits per heavy atom. The number of nitrogens with one attached hydrogen (secondary N) is 1. The third-order valence-corrected chi connectivity index (χ3v) is 7.59. The molecule has 4 rings (SSSR count). The van der Waals surface area contributed by atoms with Crippen molar-refractivity contribution >= 4 is 41.1 Å². The highest BCUT2D eigenvalue weighted by Crippen LogP contribution is 2.35. The SMILES string of the molecule is C=CCN1C(=O)NC(c2ccc(Cl)c(Cl)c2)C(C(=O)OCC)=C1CN1CCN(C(=O)c2ccc(C)cc2)CC1. The van der Waals surface area contributed by atoms with Crippen LogP contribution in [0.2, 0.25) is 10.0 Å². The van der Waals surface area contributed by atoms with Gasteiger partial charge in [0.05, 0.1) is 28.3 Å². The Balaban J connectivity index is 1.63. The van der Waals surface area contributed by atoms with Crippen LogP contribution in [0.4, 0.5) is 4.79 Å². The van der Waals surface area contributed by atoms with E-state index < -0.39 is 12.0 Å². The van der Waals surface area contributed by atoms with Crippen LogP contribution in [-0.4, -0.2) is 78.5 Å². The number of ether oxygens (including phenoxy) is 1. The number of esters is 1. The highest BCUT2D eigenvalue weighted by atomic mass is 35.5. The van der Waals surface area contributed by atoms with Crippen molar-refractivity contribution < 1.29 is 19.1 Å². The molecule has 0 aromatic heterocycles. The van der Waals surface area contributed by atoms with Crippen LogP contribution >= 0.6 is 23.2 Å². The normalized spacial score (nSPS) is 18.2. The van der Waals surface area contributed by atoms with Gasteiger partial charge in [-0.05, 0) is 43.7 Å². The van der Waals surface area contributed by atoms with E-state index in [0.717, 1.165) is 5.56 Å². The standard InChI is InChI=1S/C29H32Cl2N4O4/c1-4-12-35-24(18-33-13-15-34(16-14-33)27(36)20-8-6-19(3)7-9-20)25(28(37)39-5-2)26(32-29(35)38)21-10-11-22(30)23(31)17-21/h4,6-11,17,26H,1,5,12-16,18H2,2-3H3,(H,32,38). The molecule has 2 aromatic carbocycles. The number of piperazine rings is 1. The second-order valence-corrected chi connectivity index (χ2v) is 10.3. The van der Waals surface area contributed by atoms with E-state index in [1.165, 1.54) is 4.90 Å².